The molecule has 122 valence electrons. The molecule has 0 bridgehead atoms. The molecule has 0 spiro atoms. The molecule has 0 saturated heterocycles. The largest absolute Gasteiger partial charge is 0.494 e. The van der Waals surface area contributed by atoms with Gasteiger partial charge in [-0.1, -0.05) is 6.07 Å². The molecule has 1 aromatic rings. The highest BCUT2D eigenvalue weighted by Crippen LogP contribution is 2.23. The highest BCUT2D eigenvalue weighted by molar-refractivity contribution is 5.74. The van der Waals surface area contributed by atoms with Crippen molar-refractivity contribution in [2.45, 2.75) is 38.3 Å². The van der Waals surface area contributed by atoms with Gasteiger partial charge in [-0.15, -0.1) is 0 Å². The fraction of sp³-hybridized carbons (Fsp3) is 0.562. The van der Waals surface area contributed by atoms with Crippen LogP contribution in [0.5, 0.6) is 5.75 Å². The summed E-state index contributed by atoms with van der Waals surface area (Å²) in [5.41, 5.74) is 0.678. The Kier molecular flexibility index (Phi) is 6.00. The molecule has 1 fully saturated rings. The smallest absolute Gasteiger partial charge is 0.315 e. The Bertz CT molecular complexity index is 502. The van der Waals surface area contributed by atoms with E-state index in [1.807, 2.05) is 0 Å². The van der Waals surface area contributed by atoms with Crippen LogP contribution in [0.25, 0.3) is 0 Å². The Morgan fingerprint density at radius 2 is 2.09 bits per heavy atom. The van der Waals surface area contributed by atoms with E-state index in [0.29, 0.717) is 11.5 Å². The topological polar surface area (TPSA) is 70.6 Å². The molecule has 0 heterocycles. The SMILES string of the molecule is COc1ccc(CNC(=O)NC2CCC(CO)CC2)cc1F. The van der Waals surface area contributed by atoms with Crippen molar-refractivity contribution in [2.24, 2.45) is 5.92 Å². The number of ether oxygens (including phenoxy) is 1. The van der Waals surface area contributed by atoms with Crippen molar-refractivity contribution in [3.05, 3.63) is 29.6 Å². The first-order valence-electron chi connectivity index (χ1n) is 7.60. The second-order valence-electron chi connectivity index (χ2n) is 5.70. The van der Waals surface area contributed by atoms with Crippen molar-refractivity contribution in [1.82, 2.24) is 10.6 Å². The average Bonchev–Trinajstić information content (AvgIpc) is 2.54. The van der Waals surface area contributed by atoms with Gasteiger partial charge >= 0.3 is 6.03 Å². The maximum absolute atomic E-state index is 13.5. The lowest BCUT2D eigenvalue weighted by molar-refractivity contribution is 0.174. The van der Waals surface area contributed by atoms with Gasteiger partial charge in [-0.3, -0.25) is 0 Å². The molecule has 5 nitrogen and oxygen atoms in total. The van der Waals surface area contributed by atoms with Gasteiger partial charge in [0.05, 0.1) is 7.11 Å². The lowest BCUT2D eigenvalue weighted by Crippen LogP contribution is -2.43. The van der Waals surface area contributed by atoms with E-state index in [-0.39, 0.29) is 31.0 Å². The van der Waals surface area contributed by atoms with Crippen LogP contribution in [0.15, 0.2) is 18.2 Å². The highest BCUT2D eigenvalue weighted by Gasteiger charge is 2.21. The first-order valence-corrected chi connectivity index (χ1v) is 7.60. The number of aliphatic hydroxyl groups excluding tert-OH is 1. The van der Waals surface area contributed by atoms with Gasteiger partial charge in [0.15, 0.2) is 11.6 Å². The molecule has 6 heteroatoms. The molecule has 1 aliphatic carbocycles. The van der Waals surface area contributed by atoms with Crippen LogP contribution < -0.4 is 15.4 Å². The van der Waals surface area contributed by atoms with Crippen LogP contribution in [0.4, 0.5) is 9.18 Å². The number of nitrogens with one attached hydrogen (secondary N) is 2. The minimum Gasteiger partial charge on any atom is -0.494 e. The quantitative estimate of drug-likeness (QED) is 0.781. The molecule has 2 amide bonds. The van der Waals surface area contributed by atoms with Crippen molar-refractivity contribution < 1.29 is 19.0 Å². The molecule has 1 saturated carbocycles. The fourth-order valence-corrected chi connectivity index (χ4v) is 2.73. The molecule has 0 unspecified atom stereocenters. The van der Waals surface area contributed by atoms with Gasteiger partial charge in [0.25, 0.3) is 0 Å². The molecule has 0 aliphatic heterocycles. The lowest BCUT2D eigenvalue weighted by atomic mass is 9.87. The number of methoxy groups -OCH3 is 1. The van der Waals surface area contributed by atoms with Gasteiger partial charge in [0.1, 0.15) is 0 Å². The minimum absolute atomic E-state index is 0.149. The summed E-state index contributed by atoms with van der Waals surface area (Å²) in [4.78, 5) is 11.9. The molecule has 3 N–H and O–H groups in total. The lowest BCUT2D eigenvalue weighted by Gasteiger charge is -2.27. The predicted octanol–water partition coefficient (Wildman–Crippen LogP) is 2.18. The standard InChI is InChI=1S/C16H23FN2O3/c1-22-15-7-4-12(8-14(15)17)9-18-16(21)19-13-5-2-11(10-20)3-6-13/h4,7-8,11,13,20H,2-3,5-6,9-10H2,1H3,(H2,18,19,21). The number of carbonyl (C=O) groups is 1. The Hall–Kier alpha value is -1.82. The Labute approximate surface area is 129 Å². The molecule has 0 atom stereocenters. The van der Waals surface area contributed by atoms with E-state index in [0.717, 1.165) is 25.7 Å². The second kappa shape index (κ2) is 7.98. The number of hydrogen-bond donors (Lipinski definition) is 3. The van der Waals surface area contributed by atoms with Gasteiger partial charge in [-0.25, -0.2) is 9.18 Å². The summed E-state index contributed by atoms with van der Waals surface area (Å²) in [7, 11) is 1.41. The van der Waals surface area contributed by atoms with E-state index in [4.69, 9.17) is 9.84 Å². The average molecular weight is 310 g/mol. The molecule has 1 aromatic carbocycles. The number of rotatable bonds is 5. The van der Waals surface area contributed by atoms with E-state index < -0.39 is 5.82 Å². The summed E-state index contributed by atoms with van der Waals surface area (Å²) in [6.45, 7) is 0.487. The number of urea groups is 1. The first-order chi connectivity index (χ1) is 10.6. The van der Waals surface area contributed by atoms with Gasteiger partial charge < -0.3 is 20.5 Å². The third kappa shape index (κ3) is 4.59. The number of aliphatic hydroxyl groups is 1. The zero-order chi connectivity index (χ0) is 15.9. The third-order valence-electron chi connectivity index (χ3n) is 4.11. The fourth-order valence-electron chi connectivity index (χ4n) is 2.73. The molecule has 1 aliphatic rings. The Morgan fingerprint density at radius 3 is 2.68 bits per heavy atom. The number of benzene rings is 1. The third-order valence-corrected chi connectivity index (χ3v) is 4.11. The van der Waals surface area contributed by atoms with E-state index >= 15 is 0 Å². The van der Waals surface area contributed by atoms with Crippen molar-refractivity contribution in [2.75, 3.05) is 13.7 Å². The number of amides is 2. The summed E-state index contributed by atoms with van der Waals surface area (Å²) < 4.78 is 18.4. The van der Waals surface area contributed by atoms with Gasteiger partial charge in [-0.05, 0) is 49.3 Å². The van der Waals surface area contributed by atoms with E-state index in [2.05, 4.69) is 10.6 Å². The molecular weight excluding hydrogens is 287 g/mol. The molecular formula is C16H23FN2O3. The van der Waals surface area contributed by atoms with Crippen molar-refractivity contribution in [3.63, 3.8) is 0 Å². The molecule has 22 heavy (non-hydrogen) atoms. The van der Waals surface area contributed by atoms with Crippen LogP contribution in [-0.4, -0.2) is 30.9 Å². The molecule has 2 rings (SSSR count). The number of hydrogen-bond acceptors (Lipinski definition) is 3. The van der Waals surface area contributed by atoms with Crippen LogP contribution >= 0.6 is 0 Å². The van der Waals surface area contributed by atoms with E-state index in [1.165, 1.54) is 13.2 Å². The van der Waals surface area contributed by atoms with Crippen molar-refractivity contribution in [3.8, 4) is 5.75 Å². The van der Waals surface area contributed by atoms with E-state index in [1.54, 1.807) is 12.1 Å². The van der Waals surface area contributed by atoms with E-state index in [9.17, 15) is 9.18 Å². The molecule has 0 radical (unpaired) electrons. The summed E-state index contributed by atoms with van der Waals surface area (Å²) >= 11 is 0. The number of halogens is 1. The minimum atomic E-state index is -0.440. The van der Waals surface area contributed by atoms with Crippen LogP contribution in [-0.2, 0) is 6.54 Å². The Morgan fingerprint density at radius 1 is 1.36 bits per heavy atom. The summed E-state index contributed by atoms with van der Waals surface area (Å²) in [6, 6.07) is 4.51. The van der Waals surface area contributed by atoms with Gasteiger partial charge in [-0.2, -0.15) is 0 Å². The van der Waals surface area contributed by atoms with Crippen molar-refractivity contribution >= 4 is 6.03 Å². The zero-order valence-electron chi connectivity index (χ0n) is 12.8. The maximum atomic E-state index is 13.5. The summed E-state index contributed by atoms with van der Waals surface area (Å²) in [5, 5.41) is 14.7. The Balaban J connectivity index is 1.75. The normalized spacial score (nSPS) is 21.2. The monoisotopic (exact) mass is 310 g/mol. The first kappa shape index (κ1) is 16.5. The maximum Gasteiger partial charge on any atom is 0.315 e. The van der Waals surface area contributed by atoms with Crippen LogP contribution in [0.1, 0.15) is 31.2 Å². The van der Waals surface area contributed by atoms with Crippen LogP contribution in [0.3, 0.4) is 0 Å². The highest BCUT2D eigenvalue weighted by atomic mass is 19.1. The van der Waals surface area contributed by atoms with Crippen molar-refractivity contribution in [1.29, 1.82) is 0 Å². The summed E-state index contributed by atoms with van der Waals surface area (Å²) in [5.74, 6) is 0.113. The van der Waals surface area contributed by atoms with Crippen LogP contribution in [0.2, 0.25) is 0 Å². The summed E-state index contributed by atoms with van der Waals surface area (Å²) in [6.07, 6.45) is 3.64. The zero-order valence-corrected chi connectivity index (χ0v) is 12.8. The van der Waals surface area contributed by atoms with Gasteiger partial charge in [0.2, 0.25) is 0 Å². The molecule has 0 aromatic heterocycles. The van der Waals surface area contributed by atoms with Crippen LogP contribution in [0, 0.1) is 11.7 Å². The second-order valence-corrected chi connectivity index (χ2v) is 5.70. The van der Waals surface area contributed by atoms with Gasteiger partial charge in [0, 0.05) is 19.2 Å². The number of carbonyl (C=O) groups excluding carboxylic acids is 1. The predicted molar refractivity (Wildman–Crippen MR) is 81.2 cm³/mol.